The van der Waals surface area contributed by atoms with E-state index in [1.54, 1.807) is 19.2 Å². The van der Waals surface area contributed by atoms with Gasteiger partial charge in [0.15, 0.2) is 12.6 Å². The number of likely N-dealkylation sites (tertiary alicyclic amines) is 1. The van der Waals surface area contributed by atoms with E-state index in [4.69, 9.17) is 4.74 Å². The van der Waals surface area contributed by atoms with Crippen molar-refractivity contribution in [1.82, 2.24) is 20.5 Å². The normalized spacial score (nSPS) is 16.2. The van der Waals surface area contributed by atoms with Gasteiger partial charge in [-0.25, -0.2) is 4.98 Å². The number of hydrogen-bond acceptors (Lipinski definition) is 4. The zero-order chi connectivity index (χ0) is 22.1. The number of ether oxygens (including phenoxy) is 1. The molecule has 2 aromatic rings. The van der Waals surface area contributed by atoms with Gasteiger partial charge in [-0.3, -0.25) is 9.89 Å². The van der Waals surface area contributed by atoms with E-state index in [0.717, 1.165) is 13.1 Å². The third kappa shape index (κ3) is 7.13. The van der Waals surface area contributed by atoms with Crippen LogP contribution >= 0.6 is 0 Å². The molecule has 1 atom stereocenters. The summed E-state index contributed by atoms with van der Waals surface area (Å²) in [7, 11) is 1.66. The smallest absolute Gasteiger partial charge is 0.422 e. The number of pyridine rings is 1. The Balaban J connectivity index is 1.59. The lowest BCUT2D eigenvalue weighted by Gasteiger charge is -2.29. The van der Waals surface area contributed by atoms with E-state index >= 15 is 0 Å². The molecule has 1 unspecified atom stereocenters. The molecule has 0 radical (unpaired) electrons. The molecular weight excluding hydrogens is 407 g/mol. The lowest BCUT2D eigenvalue weighted by Crippen LogP contribution is -2.42. The molecule has 0 aliphatic carbocycles. The van der Waals surface area contributed by atoms with Gasteiger partial charge in [0.05, 0.1) is 6.04 Å². The predicted molar refractivity (Wildman–Crippen MR) is 114 cm³/mol. The van der Waals surface area contributed by atoms with E-state index in [0.29, 0.717) is 18.1 Å². The monoisotopic (exact) mass is 435 g/mol. The Hall–Kier alpha value is -2.81. The molecule has 0 saturated carbocycles. The first-order valence-corrected chi connectivity index (χ1v) is 10.3. The maximum absolute atomic E-state index is 12.5. The average molecular weight is 435 g/mol. The van der Waals surface area contributed by atoms with Crippen molar-refractivity contribution in [3.8, 4) is 5.88 Å². The maximum Gasteiger partial charge on any atom is 0.422 e. The number of benzene rings is 1. The average Bonchev–Trinajstić information content (AvgIpc) is 3.30. The molecule has 3 rings (SSSR count). The highest BCUT2D eigenvalue weighted by Crippen LogP contribution is 2.24. The first-order chi connectivity index (χ1) is 15.0. The number of hydrogen-bond donors (Lipinski definition) is 2. The van der Waals surface area contributed by atoms with Gasteiger partial charge in [-0.15, -0.1) is 0 Å². The van der Waals surface area contributed by atoms with Crippen molar-refractivity contribution in [2.75, 3.05) is 33.3 Å². The van der Waals surface area contributed by atoms with Crippen LogP contribution in [-0.4, -0.2) is 55.3 Å². The van der Waals surface area contributed by atoms with E-state index < -0.39 is 12.8 Å². The first-order valence-electron chi connectivity index (χ1n) is 10.3. The maximum atomic E-state index is 12.5. The Kier molecular flexibility index (Phi) is 8.11. The third-order valence-corrected chi connectivity index (χ3v) is 5.12. The number of nitrogens with one attached hydrogen (secondary N) is 2. The van der Waals surface area contributed by atoms with Crippen LogP contribution < -0.4 is 15.4 Å². The zero-order valence-electron chi connectivity index (χ0n) is 17.5. The van der Waals surface area contributed by atoms with Crippen LogP contribution in [0.4, 0.5) is 13.2 Å². The SMILES string of the molecule is CN=C(NCc1cccnc1OCC(F)(F)F)NCC(c1ccccc1)N1CCCC1. The summed E-state index contributed by atoms with van der Waals surface area (Å²) in [5.74, 6) is 0.521. The molecule has 1 fully saturated rings. The molecule has 9 heteroatoms. The third-order valence-electron chi connectivity index (χ3n) is 5.12. The quantitative estimate of drug-likeness (QED) is 0.491. The standard InChI is InChI=1S/C22H28F3N5O/c1-26-21(28-14-18-10-7-11-27-20(18)31-16-22(23,24)25)29-15-19(30-12-5-6-13-30)17-8-3-2-4-9-17/h2-4,7-11,19H,5-6,12-16H2,1H3,(H2,26,28,29). The number of aliphatic imine (C=N–C) groups is 1. The fourth-order valence-electron chi connectivity index (χ4n) is 3.62. The molecule has 31 heavy (non-hydrogen) atoms. The second-order valence-electron chi connectivity index (χ2n) is 7.35. The number of nitrogens with zero attached hydrogens (tertiary/aromatic N) is 3. The largest absolute Gasteiger partial charge is 0.468 e. The van der Waals surface area contributed by atoms with E-state index in [9.17, 15) is 13.2 Å². The molecule has 1 aliphatic rings. The fourth-order valence-corrected chi connectivity index (χ4v) is 3.62. The van der Waals surface area contributed by atoms with Crippen LogP contribution in [0.1, 0.15) is 30.0 Å². The molecule has 2 heterocycles. The van der Waals surface area contributed by atoms with Gasteiger partial charge in [-0.05, 0) is 37.6 Å². The van der Waals surface area contributed by atoms with Crippen molar-refractivity contribution in [2.45, 2.75) is 31.6 Å². The summed E-state index contributed by atoms with van der Waals surface area (Å²) in [6.45, 7) is 1.64. The Morgan fingerprint density at radius 2 is 1.87 bits per heavy atom. The van der Waals surface area contributed by atoms with Gasteiger partial charge in [0, 0.05) is 31.9 Å². The summed E-state index contributed by atoms with van der Waals surface area (Å²) >= 11 is 0. The highest BCUT2D eigenvalue weighted by atomic mass is 19.4. The van der Waals surface area contributed by atoms with Gasteiger partial charge in [-0.2, -0.15) is 13.2 Å². The van der Waals surface area contributed by atoms with E-state index in [2.05, 4.69) is 37.6 Å². The van der Waals surface area contributed by atoms with Crippen LogP contribution in [0.15, 0.2) is 53.7 Å². The predicted octanol–water partition coefficient (Wildman–Crippen LogP) is 3.52. The summed E-state index contributed by atoms with van der Waals surface area (Å²) in [5.41, 5.74) is 1.76. The molecule has 1 aromatic heterocycles. The highest BCUT2D eigenvalue weighted by Gasteiger charge is 2.29. The van der Waals surface area contributed by atoms with Gasteiger partial charge >= 0.3 is 6.18 Å². The molecule has 1 saturated heterocycles. The lowest BCUT2D eigenvalue weighted by atomic mass is 10.1. The minimum Gasteiger partial charge on any atom is -0.468 e. The molecule has 0 spiro atoms. The number of aromatic nitrogens is 1. The minimum atomic E-state index is -4.41. The van der Waals surface area contributed by atoms with Gasteiger partial charge in [0.25, 0.3) is 0 Å². The minimum absolute atomic E-state index is 0.0398. The molecular formula is C22H28F3N5O. The second-order valence-corrected chi connectivity index (χ2v) is 7.35. The summed E-state index contributed by atoms with van der Waals surface area (Å²) in [5, 5.41) is 6.49. The van der Waals surface area contributed by atoms with Crippen molar-refractivity contribution < 1.29 is 17.9 Å². The summed E-state index contributed by atoms with van der Waals surface area (Å²) in [6, 6.07) is 13.9. The van der Waals surface area contributed by atoms with Crippen molar-refractivity contribution in [2.24, 2.45) is 4.99 Å². The van der Waals surface area contributed by atoms with Crippen LogP contribution in [0.5, 0.6) is 5.88 Å². The van der Waals surface area contributed by atoms with E-state index in [1.807, 2.05) is 18.2 Å². The molecule has 1 aliphatic heterocycles. The van der Waals surface area contributed by atoms with Crippen LogP contribution in [0.3, 0.4) is 0 Å². The van der Waals surface area contributed by atoms with Gasteiger partial charge in [0.2, 0.25) is 5.88 Å². The summed E-state index contributed by atoms with van der Waals surface area (Å²) < 4.78 is 42.3. The molecule has 2 N–H and O–H groups in total. The summed E-state index contributed by atoms with van der Waals surface area (Å²) in [6.07, 6.45) is -0.624. The van der Waals surface area contributed by atoms with Crippen molar-refractivity contribution in [1.29, 1.82) is 0 Å². The number of guanidine groups is 1. The number of halogens is 3. The molecule has 0 bridgehead atoms. The van der Waals surface area contributed by atoms with Crippen LogP contribution in [0, 0.1) is 0 Å². The Bertz CT molecular complexity index is 839. The molecule has 0 amide bonds. The number of rotatable bonds is 8. The molecule has 168 valence electrons. The van der Waals surface area contributed by atoms with Gasteiger partial charge in [-0.1, -0.05) is 36.4 Å². The van der Waals surface area contributed by atoms with Crippen molar-refractivity contribution >= 4 is 5.96 Å². The molecule has 6 nitrogen and oxygen atoms in total. The molecule has 1 aromatic carbocycles. The Labute approximate surface area is 180 Å². The second kappa shape index (κ2) is 11.0. The van der Waals surface area contributed by atoms with Crippen molar-refractivity contribution in [3.05, 3.63) is 59.8 Å². The highest BCUT2D eigenvalue weighted by molar-refractivity contribution is 5.79. The summed E-state index contributed by atoms with van der Waals surface area (Å²) in [4.78, 5) is 10.6. The van der Waals surface area contributed by atoms with Crippen LogP contribution in [0.25, 0.3) is 0 Å². The fraction of sp³-hybridized carbons (Fsp3) is 0.455. The Morgan fingerprint density at radius 3 is 2.55 bits per heavy atom. The van der Waals surface area contributed by atoms with Gasteiger partial charge < -0.3 is 15.4 Å². The Morgan fingerprint density at radius 1 is 1.13 bits per heavy atom. The number of alkyl halides is 3. The zero-order valence-corrected chi connectivity index (χ0v) is 17.5. The van der Waals surface area contributed by atoms with Crippen LogP contribution in [0.2, 0.25) is 0 Å². The lowest BCUT2D eigenvalue weighted by molar-refractivity contribution is -0.154. The topological polar surface area (TPSA) is 61.8 Å². The van der Waals surface area contributed by atoms with Crippen molar-refractivity contribution in [3.63, 3.8) is 0 Å². The van der Waals surface area contributed by atoms with E-state index in [-0.39, 0.29) is 18.5 Å². The van der Waals surface area contributed by atoms with E-state index in [1.165, 1.54) is 24.6 Å². The van der Waals surface area contributed by atoms with Crippen LogP contribution in [-0.2, 0) is 6.54 Å². The first kappa shape index (κ1) is 22.9. The van der Waals surface area contributed by atoms with Gasteiger partial charge in [0.1, 0.15) is 0 Å².